The van der Waals surface area contributed by atoms with Crippen LogP contribution < -0.4 is 0 Å². The van der Waals surface area contributed by atoms with Crippen LogP contribution in [-0.4, -0.2) is 43.4 Å². The molecule has 3 nitrogen and oxygen atoms in total. The van der Waals surface area contributed by atoms with E-state index in [1.165, 1.54) is 6.42 Å². The average Bonchev–Trinajstić information content (AvgIpc) is 2.52. The monoisotopic (exact) mass is 293 g/mol. The van der Waals surface area contributed by atoms with Crippen LogP contribution in [0.5, 0.6) is 0 Å². The second-order valence-electron chi connectivity index (χ2n) is 5.13. The van der Waals surface area contributed by atoms with E-state index in [9.17, 15) is 4.79 Å². The molecule has 20 heavy (non-hydrogen) atoms. The number of rotatable bonds is 5. The summed E-state index contributed by atoms with van der Waals surface area (Å²) in [4.78, 5) is 15.9. The summed E-state index contributed by atoms with van der Waals surface area (Å²) in [5, 5.41) is 0. The molecular weight excluding hydrogens is 270 g/mol. The minimum absolute atomic E-state index is 0.177. The Morgan fingerprint density at radius 1 is 1.40 bits per heavy atom. The van der Waals surface area contributed by atoms with E-state index in [2.05, 4.69) is 4.90 Å². The van der Waals surface area contributed by atoms with Crippen LogP contribution >= 0.6 is 11.8 Å². The second-order valence-corrected chi connectivity index (χ2v) is 5.98. The maximum atomic E-state index is 12.8. The van der Waals surface area contributed by atoms with E-state index in [1.54, 1.807) is 18.9 Å². The van der Waals surface area contributed by atoms with Crippen molar-refractivity contribution in [2.75, 3.05) is 26.5 Å². The highest BCUT2D eigenvalue weighted by atomic mass is 32.2. The van der Waals surface area contributed by atoms with Gasteiger partial charge in [-0.05, 0) is 44.1 Å². The molecule has 0 N–H and O–H groups in total. The molecule has 1 aliphatic heterocycles. The number of likely N-dealkylation sites (tertiary alicyclic amines) is 1. The normalized spacial score (nSPS) is 19.1. The van der Waals surface area contributed by atoms with Crippen molar-refractivity contribution >= 4 is 17.7 Å². The van der Waals surface area contributed by atoms with Gasteiger partial charge in [-0.1, -0.05) is 12.1 Å². The Bertz CT molecular complexity index is 450. The van der Waals surface area contributed by atoms with E-state index in [0.717, 1.165) is 42.9 Å². The fraction of sp³-hybridized carbons (Fsp3) is 0.562. The first kappa shape index (κ1) is 15.4. The highest BCUT2D eigenvalue weighted by Crippen LogP contribution is 2.26. The van der Waals surface area contributed by atoms with Gasteiger partial charge in [0, 0.05) is 31.2 Å². The van der Waals surface area contributed by atoms with E-state index in [1.807, 2.05) is 30.5 Å². The highest BCUT2D eigenvalue weighted by Gasteiger charge is 2.28. The minimum atomic E-state index is 0.177. The molecule has 1 amide bonds. The summed E-state index contributed by atoms with van der Waals surface area (Å²) >= 11 is 1.63. The number of hydrogen-bond acceptors (Lipinski definition) is 3. The van der Waals surface area contributed by atoms with Gasteiger partial charge in [0.15, 0.2) is 0 Å². The Labute approximate surface area is 125 Å². The van der Waals surface area contributed by atoms with Crippen molar-refractivity contribution in [3.05, 3.63) is 29.8 Å². The molecule has 0 saturated carbocycles. The van der Waals surface area contributed by atoms with Crippen molar-refractivity contribution in [2.24, 2.45) is 0 Å². The number of ether oxygens (including phenoxy) is 1. The van der Waals surface area contributed by atoms with Crippen LogP contribution in [0.3, 0.4) is 0 Å². The number of thioether (sulfide) groups is 1. The number of amides is 1. The molecule has 1 aromatic carbocycles. The van der Waals surface area contributed by atoms with Gasteiger partial charge in [-0.15, -0.1) is 11.8 Å². The van der Waals surface area contributed by atoms with Gasteiger partial charge < -0.3 is 9.64 Å². The van der Waals surface area contributed by atoms with E-state index in [4.69, 9.17) is 4.74 Å². The smallest absolute Gasteiger partial charge is 0.255 e. The van der Waals surface area contributed by atoms with Gasteiger partial charge in [-0.2, -0.15) is 0 Å². The molecule has 1 aromatic rings. The van der Waals surface area contributed by atoms with Gasteiger partial charge in [-0.3, -0.25) is 4.79 Å². The lowest BCUT2D eigenvalue weighted by atomic mass is 9.98. The maximum Gasteiger partial charge on any atom is 0.255 e. The Balaban J connectivity index is 2.16. The maximum absolute atomic E-state index is 12.8. The molecule has 0 aromatic heterocycles. The standard InChI is InChI=1S/C16H23NO2S/c1-19-12-10-13-7-5-6-11-17(13)16(18)14-8-3-4-9-15(14)20-2/h3-4,8-9,13H,5-7,10-12H2,1-2H3. The van der Waals surface area contributed by atoms with Crippen LogP contribution in [0.2, 0.25) is 0 Å². The largest absolute Gasteiger partial charge is 0.385 e. The zero-order valence-corrected chi connectivity index (χ0v) is 13.1. The molecular formula is C16H23NO2S. The quantitative estimate of drug-likeness (QED) is 0.779. The predicted octanol–water partition coefficient (Wildman–Crippen LogP) is 3.44. The zero-order chi connectivity index (χ0) is 14.4. The van der Waals surface area contributed by atoms with Crippen LogP contribution in [0.4, 0.5) is 0 Å². The number of carbonyl (C=O) groups is 1. The van der Waals surface area contributed by atoms with Gasteiger partial charge in [0.25, 0.3) is 5.91 Å². The lowest BCUT2D eigenvalue weighted by Crippen LogP contribution is -2.44. The lowest BCUT2D eigenvalue weighted by Gasteiger charge is -2.36. The number of hydrogen-bond donors (Lipinski definition) is 0. The minimum Gasteiger partial charge on any atom is -0.385 e. The Kier molecular flexibility index (Phi) is 5.92. The third-order valence-corrected chi connectivity index (χ3v) is 4.68. The average molecular weight is 293 g/mol. The fourth-order valence-electron chi connectivity index (χ4n) is 2.80. The molecule has 1 atom stereocenters. The summed E-state index contributed by atoms with van der Waals surface area (Å²) in [6.07, 6.45) is 6.37. The first-order valence-electron chi connectivity index (χ1n) is 7.21. The van der Waals surface area contributed by atoms with E-state index >= 15 is 0 Å². The Hall–Kier alpha value is -1.00. The number of piperidine rings is 1. The number of benzene rings is 1. The molecule has 4 heteroatoms. The lowest BCUT2D eigenvalue weighted by molar-refractivity contribution is 0.0549. The molecule has 1 unspecified atom stereocenters. The second kappa shape index (κ2) is 7.70. The summed E-state index contributed by atoms with van der Waals surface area (Å²) in [5.41, 5.74) is 0.837. The van der Waals surface area contributed by atoms with Gasteiger partial charge in [0.1, 0.15) is 0 Å². The molecule has 0 spiro atoms. The fourth-order valence-corrected chi connectivity index (χ4v) is 3.39. The van der Waals surface area contributed by atoms with Crippen LogP contribution in [0.25, 0.3) is 0 Å². The SMILES string of the molecule is COCCC1CCCCN1C(=O)c1ccccc1SC. The number of carbonyl (C=O) groups excluding carboxylic acids is 1. The third-order valence-electron chi connectivity index (χ3n) is 3.88. The van der Waals surface area contributed by atoms with Gasteiger partial charge >= 0.3 is 0 Å². The third kappa shape index (κ3) is 3.55. The van der Waals surface area contributed by atoms with E-state index in [0.29, 0.717) is 6.04 Å². The summed E-state index contributed by atoms with van der Waals surface area (Å²) in [6.45, 7) is 1.59. The van der Waals surface area contributed by atoms with Crippen LogP contribution in [0.1, 0.15) is 36.0 Å². The first-order chi connectivity index (χ1) is 9.77. The van der Waals surface area contributed by atoms with Gasteiger partial charge in [0.05, 0.1) is 5.56 Å². The first-order valence-corrected chi connectivity index (χ1v) is 8.43. The van der Waals surface area contributed by atoms with Crippen molar-refractivity contribution in [3.63, 3.8) is 0 Å². The summed E-state index contributed by atoms with van der Waals surface area (Å²) in [5.74, 6) is 0.177. The van der Waals surface area contributed by atoms with E-state index < -0.39 is 0 Å². The molecule has 0 radical (unpaired) electrons. The van der Waals surface area contributed by atoms with Gasteiger partial charge in [0.2, 0.25) is 0 Å². The molecule has 1 fully saturated rings. The molecule has 1 aliphatic rings. The van der Waals surface area contributed by atoms with Crippen molar-refractivity contribution in [1.82, 2.24) is 4.90 Å². The van der Waals surface area contributed by atoms with E-state index in [-0.39, 0.29) is 5.91 Å². The van der Waals surface area contributed by atoms with Gasteiger partial charge in [-0.25, -0.2) is 0 Å². The highest BCUT2D eigenvalue weighted by molar-refractivity contribution is 7.98. The Morgan fingerprint density at radius 2 is 2.20 bits per heavy atom. The number of methoxy groups -OCH3 is 1. The van der Waals surface area contributed by atoms with Crippen LogP contribution in [0.15, 0.2) is 29.2 Å². The molecule has 1 heterocycles. The summed E-state index contributed by atoms with van der Waals surface area (Å²) < 4.78 is 5.18. The predicted molar refractivity (Wildman–Crippen MR) is 83.4 cm³/mol. The van der Waals surface area contributed by atoms with Crippen molar-refractivity contribution in [2.45, 2.75) is 36.6 Å². The Morgan fingerprint density at radius 3 is 2.95 bits per heavy atom. The van der Waals surface area contributed by atoms with Crippen molar-refractivity contribution in [3.8, 4) is 0 Å². The molecule has 1 saturated heterocycles. The topological polar surface area (TPSA) is 29.5 Å². The summed E-state index contributed by atoms with van der Waals surface area (Å²) in [6, 6.07) is 8.22. The zero-order valence-electron chi connectivity index (χ0n) is 12.3. The molecule has 0 bridgehead atoms. The summed E-state index contributed by atoms with van der Waals surface area (Å²) in [7, 11) is 1.72. The molecule has 110 valence electrons. The van der Waals surface area contributed by atoms with Crippen LogP contribution in [0, 0.1) is 0 Å². The molecule has 0 aliphatic carbocycles. The number of nitrogens with zero attached hydrogens (tertiary/aromatic N) is 1. The van der Waals surface area contributed by atoms with Crippen molar-refractivity contribution in [1.29, 1.82) is 0 Å². The van der Waals surface area contributed by atoms with Crippen LogP contribution in [-0.2, 0) is 4.74 Å². The van der Waals surface area contributed by atoms with Crippen molar-refractivity contribution < 1.29 is 9.53 Å². The molecule has 2 rings (SSSR count).